The summed E-state index contributed by atoms with van der Waals surface area (Å²) in [4.78, 5) is 0. The van der Waals surface area contributed by atoms with Crippen LogP contribution in [-0.2, 0) is 0 Å². The molecule has 19 heavy (non-hydrogen) atoms. The summed E-state index contributed by atoms with van der Waals surface area (Å²) in [5.41, 5.74) is 0.907. The molecule has 1 atom stereocenters. The predicted molar refractivity (Wildman–Crippen MR) is 81.1 cm³/mol. The van der Waals surface area contributed by atoms with Gasteiger partial charge >= 0.3 is 0 Å². The van der Waals surface area contributed by atoms with E-state index in [2.05, 4.69) is 24.0 Å². The van der Waals surface area contributed by atoms with Crippen LogP contribution in [-0.4, -0.2) is 30.3 Å². The number of ether oxygens (including phenoxy) is 1. The molecule has 4 heteroatoms. The topological polar surface area (TPSA) is 41.5 Å². The maximum Gasteiger partial charge on any atom is 0.120 e. The van der Waals surface area contributed by atoms with Gasteiger partial charge < -0.3 is 15.2 Å². The van der Waals surface area contributed by atoms with Crippen molar-refractivity contribution in [2.75, 3.05) is 25.2 Å². The number of hydrogen-bond donors (Lipinski definition) is 2. The molecule has 1 saturated heterocycles. The lowest BCUT2D eigenvalue weighted by atomic mass is 10.0. The molecule has 0 spiro atoms. The second-order valence-electron chi connectivity index (χ2n) is 5.11. The van der Waals surface area contributed by atoms with E-state index >= 15 is 0 Å². The number of methoxy groups -OCH3 is 1. The van der Waals surface area contributed by atoms with Crippen molar-refractivity contribution in [3.63, 3.8) is 0 Å². The molecule has 1 heterocycles. The van der Waals surface area contributed by atoms with E-state index in [4.69, 9.17) is 4.74 Å². The predicted octanol–water partition coefficient (Wildman–Crippen LogP) is 3.19. The Hall–Kier alpha value is -0.870. The maximum absolute atomic E-state index is 9.94. The number of rotatable bonds is 5. The molecule has 3 nitrogen and oxygen atoms in total. The minimum Gasteiger partial charge on any atom is -0.508 e. The summed E-state index contributed by atoms with van der Waals surface area (Å²) in [5, 5.41) is 13.5. The Kier molecular flexibility index (Phi) is 5.40. The van der Waals surface area contributed by atoms with E-state index < -0.39 is 0 Å². The Morgan fingerprint density at radius 1 is 1.42 bits per heavy atom. The van der Waals surface area contributed by atoms with Gasteiger partial charge in [0.05, 0.1) is 7.11 Å². The van der Waals surface area contributed by atoms with Gasteiger partial charge in [-0.1, -0.05) is 0 Å². The Bertz CT molecular complexity index is 405. The molecular weight excluding hydrogens is 258 g/mol. The maximum atomic E-state index is 9.94. The summed E-state index contributed by atoms with van der Waals surface area (Å²) >= 11 is 2.05. The molecule has 1 aromatic rings. The highest BCUT2D eigenvalue weighted by molar-refractivity contribution is 7.99. The molecule has 2 rings (SSSR count). The molecule has 0 aliphatic carbocycles. The largest absolute Gasteiger partial charge is 0.508 e. The van der Waals surface area contributed by atoms with E-state index in [0.29, 0.717) is 5.75 Å². The van der Waals surface area contributed by atoms with Crippen molar-refractivity contribution in [3.8, 4) is 11.5 Å². The summed E-state index contributed by atoms with van der Waals surface area (Å²) in [6.07, 6.45) is 2.60. The van der Waals surface area contributed by atoms with Gasteiger partial charge in [-0.3, -0.25) is 0 Å². The average Bonchev–Trinajstić information content (AvgIpc) is 2.46. The van der Waals surface area contributed by atoms with Gasteiger partial charge in [0.25, 0.3) is 0 Å². The van der Waals surface area contributed by atoms with E-state index in [0.717, 1.165) is 23.8 Å². The average molecular weight is 281 g/mol. The molecule has 2 N–H and O–H groups in total. The van der Waals surface area contributed by atoms with Crippen molar-refractivity contribution < 1.29 is 9.84 Å². The molecular formula is C15H23NO2S. The van der Waals surface area contributed by atoms with Crippen LogP contribution < -0.4 is 10.1 Å². The number of hydrogen-bond acceptors (Lipinski definition) is 4. The number of phenols is 1. The van der Waals surface area contributed by atoms with Gasteiger partial charge in [0, 0.05) is 11.6 Å². The van der Waals surface area contributed by atoms with Gasteiger partial charge in [-0.25, -0.2) is 0 Å². The van der Waals surface area contributed by atoms with Crippen LogP contribution in [0.25, 0.3) is 0 Å². The summed E-state index contributed by atoms with van der Waals surface area (Å²) in [7, 11) is 1.65. The van der Waals surface area contributed by atoms with Crippen molar-refractivity contribution in [1.82, 2.24) is 5.32 Å². The number of aromatic hydroxyl groups is 1. The van der Waals surface area contributed by atoms with E-state index in [1.807, 2.05) is 6.07 Å². The van der Waals surface area contributed by atoms with E-state index in [9.17, 15) is 5.11 Å². The van der Waals surface area contributed by atoms with Crippen LogP contribution in [0.1, 0.15) is 31.4 Å². The Balaban J connectivity index is 1.93. The minimum absolute atomic E-state index is 0.143. The highest BCUT2D eigenvalue weighted by Crippen LogP contribution is 2.29. The van der Waals surface area contributed by atoms with Crippen LogP contribution in [0.2, 0.25) is 0 Å². The first-order valence-corrected chi connectivity index (χ1v) is 8.04. The molecule has 0 radical (unpaired) electrons. The number of benzene rings is 1. The van der Waals surface area contributed by atoms with Gasteiger partial charge in [0.15, 0.2) is 0 Å². The minimum atomic E-state index is 0.143. The lowest BCUT2D eigenvalue weighted by Crippen LogP contribution is -2.28. The zero-order chi connectivity index (χ0) is 13.7. The molecule has 1 aliphatic rings. The Morgan fingerprint density at radius 3 is 2.84 bits per heavy atom. The van der Waals surface area contributed by atoms with Crippen LogP contribution in [0.5, 0.6) is 11.5 Å². The molecule has 1 unspecified atom stereocenters. The number of nitrogens with one attached hydrogen (secondary N) is 1. The van der Waals surface area contributed by atoms with Crippen LogP contribution >= 0.6 is 11.8 Å². The molecule has 0 bridgehead atoms. The first kappa shape index (κ1) is 14.5. The normalized spacial score (nSPS) is 18.2. The summed E-state index contributed by atoms with van der Waals surface area (Å²) in [6, 6.07) is 5.53. The highest BCUT2D eigenvalue weighted by Gasteiger charge is 2.16. The van der Waals surface area contributed by atoms with Crippen molar-refractivity contribution in [2.45, 2.75) is 25.8 Å². The Morgan fingerprint density at radius 2 is 2.16 bits per heavy atom. The Labute approximate surface area is 119 Å². The third kappa shape index (κ3) is 4.05. The highest BCUT2D eigenvalue weighted by atomic mass is 32.2. The first-order chi connectivity index (χ1) is 9.20. The van der Waals surface area contributed by atoms with Crippen LogP contribution in [0.15, 0.2) is 18.2 Å². The fourth-order valence-electron chi connectivity index (χ4n) is 2.41. The van der Waals surface area contributed by atoms with Crippen LogP contribution in [0, 0.1) is 5.92 Å². The smallest absolute Gasteiger partial charge is 0.120 e. The summed E-state index contributed by atoms with van der Waals surface area (Å²) < 4.78 is 5.21. The quantitative estimate of drug-likeness (QED) is 0.869. The SMILES string of the molecule is COc1ccc(O)c(C(C)NCC2CCSCC2)c1. The van der Waals surface area contributed by atoms with Crippen molar-refractivity contribution in [3.05, 3.63) is 23.8 Å². The van der Waals surface area contributed by atoms with Gasteiger partial charge in [-0.2, -0.15) is 11.8 Å². The van der Waals surface area contributed by atoms with E-state index in [1.165, 1.54) is 24.3 Å². The third-order valence-electron chi connectivity index (χ3n) is 3.75. The van der Waals surface area contributed by atoms with Gasteiger partial charge in [0.1, 0.15) is 11.5 Å². The molecule has 0 aromatic heterocycles. The van der Waals surface area contributed by atoms with Crippen molar-refractivity contribution >= 4 is 11.8 Å². The monoisotopic (exact) mass is 281 g/mol. The van der Waals surface area contributed by atoms with Gasteiger partial charge in [0.2, 0.25) is 0 Å². The standard InChI is InChI=1S/C15H23NO2S/c1-11(16-10-12-5-7-19-8-6-12)14-9-13(18-2)3-4-15(14)17/h3-4,9,11-12,16-17H,5-8,10H2,1-2H3. The fraction of sp³-hybridized carbons (Fsp3) is 0.600. The fourth-order valence-corrected chi connectivity index (χ4v) is 3.61. The molecule has 1 aliphatic heterocycles. The number of thioether (sulfide) groups is 1. The molecule has 106 valence electrons. The van der Waals surface area contributed by atoms with Gasteiger partial charge in [-0.05, 0) is 61.9 Å². The lowest BCUT2D eigenvalue weighted by Gasteiger charge is -2.24. The summed E-state index contributed by atoms with van der Waals surface area (Å²) in [5.74, 6) is 4.46. The summed E-state index contributed by atoms with van der Waals surface area (Å²) in [6.45, 7) is 3.12. The molecule has 0 saturated carbocycles. The second kappa shape index (κ2) is 7.06. The van der Waals surface area contributed by atoms with Crippen molar-refractivity contribution in [2.24, 2.45) is 5.92 Å². The molecule has 1 aromatic carbocycles. The van der Waals surface area contributed by atoms with E-state index in [1.54, 1.807) is 19.2 Å². The van der Waals surface area contributed by atoms with Crippen LogP contribution in [0.3, 0.4) is 0 Å². The molecule has 1 fully saturated rings. The zero-order valence-electron chi connectivity index (χ0n) is 11.7. The first-order valence-electron chi connectivity index (χ1n) is 6.88. The zero-order valence-corrected chi connectivity index (χ0v) is 12.5. The number of phenolic OH excluding ortho intramolecular Hbond substituents is 1. The van der Waals surface area contributed by atoms with E-state index in [-0.39, 0.29) is 6.04 Å². The van der Waals surface area contributed by atoms with Crippen molar-refractivity contribution in [1.29, 1.82) is 0 Å². The molecule has 0 amide bonds. The van der Waals surface area contributed by atoms with Crippen LogP contribution in [0.4, 0.5) is 0 Å². The lowest BCUT2D eigenvalue weighted by molar-refractivity contribution is 0.397. The van der Waals surface area contributed by atoms with Gasteiger partial charge in [-0.15, -0.1) is 0 Å². The third-order valence-corrected chi connectivity index (χ3v) is 4.80. The second-order valence-corrected chi connectivity index (χ2v) is 6.34.